The van der Waals surface area contributed by atoms with E-state index in [-0.39, 0.29) is 5.91 Å². The van der Waals surface area contributed by atoms with Crippen LogP contribution in [0.4, 0.5) is 0 Å². The Morgan fingerprint density at radius 2 is 1.70 bits per heavy atom. The second-order valence-electron chi connectivity index (χ2n) is 7.46. The molecule has 2 N–H and O–H groups in total. The topological polar surface area (TPSA) is 79.4 Å². The average molecular weight is 437 g/mol. The first-order chi connectivity index (χ1) is 16.2. The Labute approximate surface area is 192 Å². The van der Waals surface area contributed by atoms with Gasteiger partial charge >= 0.3 is 0 Å². The van der Waals surface area contributed by atoms with Crippen molar-refractivity contribution in [1.29, 1.82) is 0 Å². The fourth-order valence-corrected chi connectivity index (χ4v) is 3.15. The molecule has 0 unspecified atom stereocenters. The lowest BCUT2D eigenvalue weighted by atomic mass is 10.1. The Hall–Kier alpha value is -4.45. The van der Waals surface area contributed by atoms with Crippen LogP contribution < -0.4 is 10.2 Å². The monoisotopic (exact) mass is 436 g/mol. The van der Waals surface area contributed by atoms with Gasteiger partial charge in [0.15, 0.2) is 0 Å². The number of nitrogens with zero attached hydrogens (tertiary/aromatic N) is 2. The second kappa shape index (κ2) is 10.7. The van der Waals surface area contributed by atoms with E-state index in [1.807, 2.05) is 97.9 Å². The van der Waals surface area contributed by atoms with Crippen molar-refractivity contribution in [2.75, 3.05) is 0 Å². The van der Waals surface area contributed by atoms with Crippen LogP contribution in [0.5, 0.6) is 5.75 Å². The van der Waals surface area contributed by atoms with Gasteiger partial charge in [0, 0.05) is 5.56 Å². The Bertz CT molecular complexity index is 1240. The van der Waals surface area contributed by atoms with E-state index in [9.17, 15) is 4.79 Å². The average Bonchev–Trinajstić information content (AvgIpc) is 3.35. The van der Waals surface area contributed by atoms with Gasteiger partial charge in [0.2, 0.25) is 0 Å². The first-order valence-electron chi connectivity index (χ1n) is 10.6. The van der Waals surface area contributed by atoms with Crippen molar-refractivity contribution in [2.45, 2.75) is 13.5 Å². The van der Waals surface area contributed by atoms with E-state index in [4.69, 9.17) is 4.74 Å². The predicted molar refractivity (Wildman–Crippen MR) is 131 cm³/mol. The van der Waals surface area contributed by atoms with Crippen LogP contribution >= 0.6 is 0 Å². The van der Waals surface area contributed by atoms with Crippen LogP contribution in [0.1, 0.15) is 28.5 Å². The lowest BCUT2D eigenvalue weighted by molar-refractivity contribution is 0.0950. The Kier molecular flexibility index (Phi) is 7.08. The molecule has 4 rings (SSSR count). The molecule has 0 atom stereocenters. The molecule has 0 aliphatic carbocycles. The van der Waals surface area contributed by atoms with E-state index in [1.54, 1.807) is 12.3 Å². The summed E-state index contributed by atoms with van der Waals surface area (Å²) < 4.78 is 5.81. The summed E-state index contributed by atoms with van der Waals surface area (Å²) in [6.45, 7) is 2.43. The van der Waals surface area contributed by atoms with Gasteiger partial charge in [-0.15, -0.1) is 0 Å². The van der Waals surface area contributed by atoms with E-state index in [0.717, 1.165) is 28.0 Å². The first-order valence-corrected chi connectivity index (χ1v) is 10.6. The van der Waals surface area contributed by atoms with E-state index < -0.39 is 0 Å². The summed E-state index contributed by atoms with van der Waals surface area (Å²) in [6, 6.07) is 29.2. The molecule has 6 heteroatoms. The molecule has 3 aromatic carbocycles. The summed E-state index contributed by atoms with van der Waals surface area (Å²) >= 11 is 0. The summed E-state index contributed by atoms with van der Waals surface area (Å²) in [5, 5.41) is 11.0. The molecule has 6 nitrogen and oxygen atoms in total. The van der Waals surface area contributed by atoms with Crippen LogP contribution in [0.25, 0.3) is 17.3 Å². The minimum absolute atomic E-state index is 0.330. The zero-order valence-corrected chi connectivity index (χ0v) is 18.2. The molecule has 1 aromatic heterocycles. The molecule has 0 saturated carbocycles. The standard InChI is InChI=1S/C27H24N4O2/c1-20(16-21-8-4-2-5-9-21)18-28-31-27(32)26-17-25(29-30-26)23-12-14-24(15-13-23)33-19-22-10-6-3-7-11-22/h2-18H,19H2,1H3,(H,29,30)(H,31,32). The van der Waals surface area contributed by atoms with Crippen molar-refractivity contribution in [3.05, 3.63) is 113 Å². The van der Waals surface area contributed by atoms with Gasteiger partial charge in [-0.1, -0.05) is 66.7 Å². The number of aromatic nitrogens is 2. The Morgan fingerprint density at radius 1 is 1.00 bits per heavy atom. The molecule has 0 saturated heterocycles. The van der Waals surface area contributed by atoms with Gasteiger partial charge in [0.25, 0.3) is 5.91 Å². The number of hydrogen-bond acceptors (Lipinski definition) is 4. The van der Waals surface area contributed by atoms with Crippen molar-refractivity contribution < 1.29 is 9.53 Å². The summed E-state index contributed by atoms with van der Waals surface area (Å²) in [7, 11) is 0. The molecular formula is C27H24N4O2. The largest absolute Gasteiger partial charge is 0.489 e. The second-order valence-corrected chi connectivity index (χ2v) is 7.46. The number of hydrazone groups is 1. The number of carbonyl (C=O) groups is 1. The molecule has 1 heterocycles. The zero-order valence-electron chi connectivity index (χ0n) is 18.2. The first kappa shape index (κ1) is 21.8. The fraction of sp³-hybridized carbons (Fsp3) is 0.0741. The molecule has 0 fully saturated rings. The van der Waals surface area contributed by atoms with Gasteiger partial charge in [-0.25, -0.2) is 5.43 Å². The number of aromatic amines is 1. The molecular weight excluding hydrogens is 412 g/mol. The van der Waals surface area contributed by atoms with Gasteiger partial charge in [-0.2, -0.15) is 10.2 Å². The number of hydrogen-bond donors (Lipinski definition) is 2. The van der Waals surface area contributed by atoms with Crippen molar-refractivity contribution in [3.63, 3.8) is 0 Å². The number of benzene rings is 3. The van der Waals surface area contributed by atoms with E-state index in [2.05, 4.69) is 20.7 Å². The molecule has 0 aliphatic rings. The van der Waals surface area contributed by atoms with Crippen LogP contribution in [-0.4, -0.2) is 22.3 Å². The Morgan fingerprint density at radius 3 is 2.42 bits per heavy atom. The molecule has 0 bridgehead atoms. The number of carbonyl (C=O) groups excluding carboxylic acids is 1. The summed E-state index contributed by atoms with van der Waals surface area (Å²) in [5.74, 6) is 0.407. The SMILES string of the molecule is CC(C=NNC(=O)c1cc(-c2ccc(OCc3ccccc3)cc2)n[nH]1)=Cc1ccccc1. The molecule has 0 spiro atoms. The van der Waals surface area contributed by atoms with E-state index in [1.165, 1.54) is 0 Å². The quantitative estimate of drug-likeness (QED) is 0.284. The van der Waals surface area contributed by atoms with E-state index >= 15 is 0 Å². The highest BCUT2D eigenvalue weighted by Crippen LogP contribution is 2.22. The number of allylic oxidation sites excluding steroid dienone is 1. The van der Waals surface area contributed by atoms with Crippen molar-refractivity contribution >= 4 is 18.2 Å². The maximum Gasteiger partial charge on any atom is 0.289 e. The lowest BCUT2D eigenvalue weighted by Gasteiger charge is -2.06. The normalized spacial score (nSPS) is 11.5. The summed E-state index contributed by atoms with van der Waals surface area (Å²) in [5.41, 5.74) is 7.49. The number of H-pyrrole nitrogens is 1. The van der Waals surface area contributed by atoms with Crippen LogP contribution in [0, 0.1) is 0 Å². The third kappa shape index (κ3) is 6.27. The van der Waals surface area contributed by atoms with Crippen molar-refractivity contribution in [3.8, 4) is 17.0 Å². The molecule has 33 heavy (non-hydrogen) atoms. The van der Waals surface area contributed by atoms with Gasteiger partial charge in [0.1, 0.15) is 18.1 Å². The van der Waals surface area contributed by atoms with Gasteiger partial charge in [-0.05, 0) is 54.0 Å². The molecule has 164 valence electrons. The molecule has 1 amide bonds. The molecule has 0 radical (unpaired) electrons. The summed E-state index contributed by atoms with van der Waals surface area (Å²) in [6.07, 6.45) is 3.59. The minimum Gasteiger partial charge on any atom is -0.489 e. The van der Waals surface area contributed by atoms with Crippen LogP contribution in [0.3, 0.4) is 0 Å². The van der Waals surface area contributed by atoms with Crippen molar-refractivity contribution in [2.24, 2.45) is 5.10 Å². The van der Waals surface area contributed by atoms with Crippen LogP contribution in [0.2, 0.25) is 0 Å². The third-order valence-corrected chi connectivity index (χ3v) is 4.85. The smallest absolute Gasteiger partial charge is 0.289 e. The number of nitrogens with one attached hydrogen (secondary N) is 2. The Balaban J connectivity index is 1.32. The van der Waals surface area contributed by atoms with Crippen LogP contribution in [0.15, 0.2) is 102 Å². The maximum absolute atomic E-state index is 12.4. The third-order valence-electron chi connectivity index (χ3n) is 4.85. The molecule has 0 aliphatic heterocycles. The van der Waals surface area contributed by atoms with Gasteiger partial charge < -0.3 is 4.74 Å². The lowest BCUT2D eigenvalue weighted by Crippen LogP contribution is -2.17. The fourth-order valence-electron chi connectivity index (χ4n) is 3.15. The highest BCUT2D eigenvalue weighted by Gasteiger charge is 2.10. The van der Waals surface area contributed by atoms with Crippen LogP contribution in [-0.2, 0) is 6.61 Å². The van der Waals surface area contributed by atoms with Crippen molar-refractivity contribution in [1.82, 2.24) is 15.6 Å². The van der Waals surface area contributed by atoms with Gasteiger partial charge in [0.05, 0.1) is 11.9 Å². The number of rotatable bonds is 8. The predicted octanol–water partition coefficient (Wildman–Crippen LogP) is 5.47. The summed E-state index contributed by atoms with van der Waals surface area (Å²) in [4.78, 5) is 12.4. The molecule has 4 aromatic rings. The maximum atomic E-state index is 12.4. The zero-order chi connectivity index (χ0) is 22.9. The van der Waals surface area contributed by atoms with E-state index in [0.29, 0.717) is 18.0 Å². The van der Waals surface area contributed by atoms with Gasteiger partial charge in [-0.3, -0.25) is 9.89 Å². The highest BCUT2D eigenvalue weighted by molar-refractivity contribution is 5.94. The minimum atomic E-state index is -0.361. The number of ether oxygens (including phenoxy) is 1. The number of amides is 1. The highest BCUT2D eigenvalue weighted by atomic mass is 16.5.